The molecule has 1 aromatic carbocycles. The van der Waals surface area contributed by atoms with E-state index < -0.39 is 6.36 Å². The largest absolute Gasteiger partial charge is 0.573 e. The predicted octanol–water partition coefficient (Wildman–Crippen LogP) is 3.80. The molecule has 0 saturated carbocycles. The molecule has 4 rings (SSSR count). The van der Waals surface area contributed by atoms with Gasteiger partial charge in [0, 0.05) is 25.7 Å². The van der Waals surface area contributed by atoms with Gasteiger partial charge in [0.1, 0.15) is 5.75 Å². The van der Waals surface area contributed by atoms with Crippen LogP contribution in [0.25, 0.3) is 0 Å². The molecular formula is C18H25F3N2O. The Labute approximate surface area is 141 Å². The van der Waals surface area contributed by atoms with E-state index >= 15 is 0 Å². The second-order valence-electron chi connectivity index (χ2n) is 6.92. The Bertz CT molecular complexity index is 532. The molecule has 4 atom stereocenters. The van der Waals surface area contributed by atoms with Crippen LogP contribution in [0.1, 0.15) is 31.7 Å². The lowest BCUT2D eigenvalue weighted by Gasteiger charge is -2.50. The predicted molar refractivity (Wildman–Crippen MR) is 86.7 cm³/mol. The molecule has 134 valence electrons. The fourth-order valence-corrected chi connectivity index (χ4v) is 4.12. The van der Waals surface area contributed by atoms with E-state index in [0.29, 0.717) is 12.6 Å². The molecule has 3 fully saturated rings. The molecule has 0 aliphatic carbocycles. The summed E-state index contributed by atoms with van der Waals surface area (Å²) in [5.74, 6) is 1.55. The van der Waals surface area contributed by atoms with Gasteiger partial charge in [-0.15, -0.1) is 13.2 Å². The van der Waals surface area contributed by atoms with Gasteiger partial charge in [0.05, 0.1) is 0 Å². The van der Waals surface area contributed by atoms with Gasteiger partial charge in [-0.2, -0.15) is 0 Å². The minimum absolute atomic E-state index is 0.174. The van der Waals surface area contributed by atoms with Crippen LogP contribution < -0.4 is 10.1 Å². The Hall–Kier alpha value is -1.27. The summed E-state index contributed by atoms with van der Waals surface area (Å²) in [4.78, 5) is 2.60. The lowest BCUT2D eigenvalue weighted by Crippen LogP contribution is -2.56. The summed E-state index contributed by atoms with van der Waals surface area (Å²) in [5, 5.41) is 3.45. The van der Waals surface area contributed by atoms with E-state index in [2.05, 4.69) is 21.9 Å². The first-order chi connectivity index (χ1) is 11.4. The molecule has 6 heteroatoms. The number of nitrogens with zero attached hydrogens (tertiary/aromatic N) is 1. The fourth-order valence-electron chi connectivity index (χ4n) is 4.12. The minimum Gasteiger partial charge on any atom is -0.406 e. The highest BCUT2D eigenvalue weighted by molar-refractivity contribution is 5.27. The third-order valence-corrected chi connectivity index (χ3v) is 5.40. The number of fused-ring (bicyclic) bond motifs is 3. The van der Waals surface area contributed by atoms with Crippen molar-refractivity contribution >= 4 is 0 Å². The summed E-state index contributed by atoms with van der Waals surface area (Å²) in [6.45, 7) is 6.31. The van der Waals surface area contributed by atoms with Gasteiger partial charge in [-0.05, 0) is 48.9 Å². The van der Waals surface area contributed by atoms with Crippen LogP contribution in [-0.4, -0.2) is 36.9 Å². The van der Waals surface area contributed by atoms with Crippen molar-refractivity contribution in [2.45, 2.75) is 45.1 Å². The Morgan fingerprint density at radius 1 is 1.25 bits per heavy atom. The normalized spacial score (nSPS) is 29.7. The van der Waals surface area contributed by atoms with Crippen molar-refractivity contribution in [1.29, 1.82) is 0 Å². The molecule has 1 unspecified atom stereocenters. The summed E-state index contributed by atoms with van der Waals surface area (Å²) in [7, 11) is 0. The topological polar surface area (TPSA) is 24.5 Å². The number of halogens is 3. The van der Waals surface area contributed by atoms with Crippen LogP contribution in [-0.2, 0) is 6.54 Å². The molecule has 3 aliphatic heterocycles. The monoisotopic (exact) mass is 342 g/mol. The molecule has 0 radical (unpaired) electrons. The van der Waals surface area contributed by atoms with Gasteiger partial charge in [-0.3, -0.25) is 4.90 Å². The van der Waals surface area contributed by atoms with E-state index in [9.17, 15) is 13.2 Å². The Kier molecular flexibility index (Phi) is 5.35. The number of benzene rings is 1. The van der Waals surface area contributed by atoms with E-state index in [4.69, 9.17) is 0 Å². The highest BCUT2D eigenvalue weighted by Crippen LogP contribution is 2.37. The number of hydrogen-bond donors (Lipinski definition) is 1. The van der Waals surface area contributed by atoms with Crippen molar-refractivity contribution in [3.05, 3.63) is 29.8 Å². The van der Waals surface area contributed by atoms with Gasteiger partial charge in [-0.1, -0.05) is 25.5 Å². The van der Waals surface area contributed by atoms with Gasteiger partial charge in [0.15, 0.2) is 0 Å². The molecule has 0 aromatic heterocycles. The molecule has 2 bridgehead atoms. The summed E-state index contributed by atoms with van der Waals surface area (Å²) < 4.78 is 40.3. The zero-order valence-corrected chi connectivity index (χ0v) is 14.0. The average Bonchev–Trinajstić information content (AvgIpc) is 2.55. The minimum atomic E-state index is -4.63. The number of rotatable bonds is 6. The van der Waals surface area contributed by atoms with Gasteiger partial charge in [0.25, 0.3) is 0 Å². The highest BCUT2D eigenvalue weighted by atomic mass is 19.4. The van der Waals surface area contributed by atoms with Gasteiger partial charge in [0.2, 0.25) is 0 Å². The van der Waals surface area contributed by atoms with Crippen molar-refractivity contribution in [2.24, 2.45) is 11.8 Å². The zero-order chi connectivity index (χ0) is 17.2. The van der Waals surface area contributed by atoms with Crippen molar-refractivity contribution in [3.8, 4) is 5.75 Å². The second kappa shape index (κ2) is 7.31. The van der Waals surface area contributed by atoms with E-state index in [-0.39, 0.29) is 5.75 Å². The lowest BCUT2D eigenvalue weighted by atomic mass is 9.74. The van der Waals surface area contributed by atoms with Gasteiger partial charge < -0.3 is 10.1 Å². The fraction of sp³-hybridized carbons (Fsp3) is 0.667. The standard InChI is InChI=1S/C18H25F3N2O/c1-2-14-12-23-8-7-15(14)9-16(23)11-22-10-13-3-5-17(6-4-13)24-18(19,20)21/h3-6,14-16,22H,2,7-12H2,1H3/t14-,15+,16-/m1/s1. The lowest BCUT2D eigenvalue weighted by molar-refractivity contribution is -0.274. The maximum Gasteiger partial charge on any atom is 0.573 e. The smallest absolute Gasteiger partial charge is 0.406 e. The van der Waals surface area contributed by atoms with Crippen LogP contribution in [0.5, 0.6) is 5.75 Å². The maximum absolute atomic E-state index is 12.1. The molecule has 1 N–H and O–H groups in total. The van der Waals surface area contributed by atoms with Crippen LogP contribution in [0.3, 0.4) is 0 Å². The molecular weight excluding hydrogens is 317 g/mol. The van der Waals surface area contributed by atoms with Crippen LogP contribution in [0, 0.1) is 11.8 Å². The van der Waals surface area contributed by atoms with Crippen molar-refractivity contribution in [2.75, 3.05) is 19.6 Å². The third-order valence-electron chi connectivity index (χ3n) is 5.40. The average molecular weight is 342 g/mol. The van der Waals surface area contributed by atoms with Gasteiger partial charge >= 0.3 is 6.36 Å². The Morgan fingerprint density at radius 3 is 2.58 bits per heavy atom. The molecule has 3 heterocycles. The second-order valence-corrected chi connectivity index (χ2v) is 6.92. The number of ether oxygens (including phenoxy) is 1. The first kappa shape index (κ1) is 17.5. The molecule has 1 aromatic rings. The number of alkyl halides is 3. The molecule has 24 heavy (non-hydrogen) atoms. The molecule has 3 saturated heterocycles. The molecule has 3 nitrogen and oxygen atoms in total. The molecule has 3 aliphatic rings. The third kappa shape index (κ3) is 4.42. The highest BCUT2D eigenvalue weighted by Gasteiger charge is 2.38. The number of piperidine rings is 3. The molecule has 0 spiro atoms. The Balaban J connectivity index is 1.44. The van der Waals surface area contributed by atoms with Crippen LogP contribution >= 0.6 is 0 Å². The maximum atomic E-state index is 12.1. The van der Waals surface area contributed by atoms with Crippen LogP contribution in [0.4, 0.5) is 13.2 Å². The quantitative estimate of drug-likeness (QED) is 0.851. The van der Waals surface area contributed by atoms with E-state index in [0.717, 1.165) is 23.9 Å². The first-order valence-corrected chi connectivity index (χ1v) is 8.74. The summed E-state index contributed by atoms with van der Waals surface area (Å²) >= 11 is 0. The number of nitrogens with one attached hydrogen (secondary N) is 1. The SMILES string of the molecule is CC[C@@H]1CN2CC[C@H]1C[C@@H]2CNCc1ccc(OC(F)(F)F)cc1. The van der Waals surface area contributed by atoms with Crippen LogP contribution in [0.2, 0.25) is 0 Å². The summed E-state index contributed by atoms with van der Waals surface area (Å²) in [5.41, 5.74) is 0.965. The van der Waals surface area contributed by atoms with Crippen LogP contribution in [0.15, 0.2) is 24.3 Å². The Morgan fingerprint density at radius 2 is 2.00 bits per heavy atom. The number of hydrogen-bond acceptors (Lipinski definition) is 3. The van der Waals surface area contributed by atoms with E-state index in [1.807, 2.05) is 0 Å². The zero-order valence-electron chi connectivity index (χ0n) is 14.0. The summed E-state index contributed by atoms with van der Waals surface area (Å²) in [6.07, 6.45) is -0.766. The molecule has 0 amide bonds. The van der Waals surface area contributed by atoms with E-state index in [1.165, 1.54) is 44.5 Å². The van der Waals surface area contributed by atoms with Crippen molar-refractivity contribution in [1.82, 2.24) is 10.2 Å². The summed E-state index contributed by atoms with van der Waals surface area (Å²) in [6, 6.07) is 6.67. The van der Waals surface area contributed by atoms with Gasteiger partial charge in [-0.25, -0.2) is 0 Å². The van der Waals surface area contributed by atoms with Crippen molar-refractivity contribution < 1.29 is 17.9 Å². The van der Waals surface area contributed by atoms with Crippen molar-refractivity contribution in [3.63, 3.8) is 0 Å². The first-order valence-electron chi connectivity index (χ1n) is 8.74. The van der Waals surface area contributed by atoms with E-state index in [1.54, 1.807) is 12.1 Å².